The van der Waals surface area contributed by atoms with Gasteiger partial charge in [0, 0.05) is 13.1 Å². The van der Waals surface area contributed by atoms with Gasteiger partial charge in [0.25, 0.3) is 0 Å². The Morgan fingerprint density at radius 1 is 1.40 bits per heavy atom. The number of benzene rings is 1. The highest BCUT2D eigenvalue weighted by Crippen LogP contribution is 2.28. The second-order valence-corrected chi connectivity index (χ2v) is 4.84. The zero-order chi connectivity index (χ0) is 10.8. The molecule has 1 unspecified atom stereocenters. The SMILES string of the molecule is CCCN1Cc2ccc(C)cc2C(C)C1. The summed E-state index contributed by atoms with van der Waals surface area (Å²) >= 11 is 0. The maximum Gasteiger partial charge on any atom is 0.0236 e. The molecule has 1 nitrogen and oxygen atoms in total. The van der Waals surface area contributed by atoms with Crippen LogP contribution in [0.1, 0.15) is 42.9 Å². The van der Waals surface area contributed by atoms with Crippen LogP contribution in [0, 0.1) is 6.92 Å². The molecular weight excluding hydrogens is 182 g/mol. The number of aryl methyl sites for hydroxylation is 1. The Morgan fingerprint density at radius 3 is 2.93 bits per heavy atom. The van der Waals surface area contributed by atoms with Crippen molar-refractivity contribution in [3.63, 3.8) is 0 Å². The van der Waals surface area contributed by atoms with Gasteiger partial charge in [0.1, 0.15) is 0 Å². The first-order valence-corrected chi connectivity index (χ1v) is 6.02. The molecule has 1 aliphatic rings. The van der Waals surface area contributed by atoms with Gasteiger partial charge >= 0.3 is 0 Å². The summed E-state index contributed by atoms with van der Waals surface area (Å²) in [6.07, 6.45) is 1.26. The Kier molecular flexibility index (Phi) is 3.11. The molecule has 0 radical (unpaired) electrons. The monoisotopic (exact) mass is 203 g/mol. The third-order valence-electron chi connectivity index (χ3n) is 3.30. The molecule has 0 bridgehead atoms. The molecule has 0 fully saturated rings. The molecule has 0 aromatic heterocycles. The largest absolute Gasteiger partial charge is 0.298 e. The van der Waals surface area contributed by atoms with Gasteiger partial charge in [0.15, 0.2) is 0 Å². The van der Waals surface area contributed by atoms with E-state index in [0.717, 1.165) is 6.54 Å². The minimum Gasteiger partial charge on any atom is -0.298 e. The Labute approximate surface area is 93.1 Å². The Morgan fingerprint density at radius 2 is 2.20 bits per heavy atom. The van der Waals surface area contributed by atoms with Crippen LogP contribution < -0.4 is 0 Å². The highest BCUT2D eigenvalue weighted by Gasteiger charge is 2.21. The van der Waals surface area contributed by atoms with Gasteiger partial charge in [0.2, 0.25) is 0 Å². The van der Waals surface area contributed by atoms with E-state index in [1.165, 1.54) is 30.6 Å². The average molecular weight is 203 g/mol. The molecule has 1 aromatic carbocycles. The highest BCUT2D eigenvalue weighted by atomic mass is 15.1. The third-order valence-corrected chi connectivity index (χ3v) is 3.30. The zero-order valence-electron chi connectivity index (χ0n) is 10.1. The van der Waals surface area contributed by atoms with Crippen molar-refractivity contribution in [2.75, 3.05) is 13.1 Å². The van der Waals surface area contributed by atoms with E-state index in [0.29, 0.717) is 5.92 Å². The maximum atomic E-state index is 2.57. The molecule has 0 saturated carbocycles. The summed E-state index contributed by atoms with van der Waals surface area (Å²) in [5.41, 5.74) is 4.50. The van der Waals surface area contributed by atoms with Crippen LogP contribution in [-0.2, 0) is 6.54 Å². The van der Waals surface area contributed by atoms with Crippen LogP contribution in [0.5, 0.6) is 0 Å². The normalized spacial score (nSPS) is 21.4. The van der Waals surface area contributed by atoms with Crippen molar-refractivity contribution in [3.8, 4) is 0 Å². The van der Waals surface area contributed by atoms with E-state index < -0.39 is 0 Å². The van der Waals surface area contributed by atoms with E-state index in [9.17, 15) is 0 Å². The lowest BCUT2D eigenvalue weighted by Gasteiger charge is -2.33. The third kappa shape index (κ3) is 2.23. The van der Waals surface area contributed by atoms with Gasteiger partial charge in [-0.25, -0.2) is 0 Å². The molecule has 0 saturated heterocycles. The lowest BCUT2D eigenvalue weighted by atomic mass is 9.90. The minimum absolute atomic E-state index is 0.695. The van der Waals surface area contributed by atoms with Crippen molar-refractivity contribution in [1.29, 1.82) is 0 Å². The molecule has 0 N–H and O–H groups in total. The van der Waals surface area contributed by atoms with Crippen LogP contribution in [0.2, 0.25) is 0 Å². The number of hydrogen-bond acceptors (Lipinski definition) is 1. The van der Waals surface area contributed by atoms with E-state index in [4.69, 9.17) is 0 Å². The van der Waals surface area contributed by atoms with Crippen LogP contribution in [0.25, 0.3) is 0 Å². The fourth-order valence-corrected chi connectivity index (χ4v) is 2.59. The zero-order valence-corrected chi connectivity index (χ0v) is 10.1. The van der Waals surface area contributed by atoms with Gasteiger partial charge in [-0.15, -0.1) is 0 Å². The van der Waals surface area contributed by atoms with Crippen molar-refractivity contribution in [2.24, 2.45) is 0 Å². The summed E-state index contributed by atoms with van der Waals surface area (Å²) in [7, 11) is 0. The lowest BCUT2D eigenvalue weighted by Crippen LogP contribution is -2.33. The van der Waals surface area contributed by atoms with Crippen LogP contribution in [0.15, 0.2) is 18.2 Å². The summed E-state index contributed by atoms with van der Waals surface area (Å²) in [5.74, 6) is 0.695. The van der Waals surface area contributed by atoms with Gasteiger partial charge in [-0.1, -0.05) is 37.6 Å². The molecule has 2 rings (SSSR count). The summed E-state index contributed by atoms with van der Waals surface area (Å²) in [6.45, 7) is 10.4. The number of fused-ring (bicyclic) bond motifs is 1. The van der Waals surface area contributed by atoms with E-state index in [1.54, 1.807) is 5.56 Å². The van der Waals surface area contributed by atoms with Gasteiger partial charge < -0.3 is 0 Å². The van der Waals surface area contributed by atoms with E-state index >= 15 is 0 Å². The Balaban J connectivity index is 2.24. The van der Waals surface area contributed by atoms with Gasteiger partial charge in [0.05, 0.1) is 0 Å². The molecule has 0 spiro atoms. The predicted octanol–water partition coefficient (Wildman–Crippen LogP) is 3.32. The quantitative estimate of drug-likeness (QED) is 0.712. The first-order chi connectivity index (χ1) is 7.20. The predicted molar refractivity (Wildman–Crippen MR) is 65.2 cm³/mol. The number of rotatable bonds is 2. The number of hydrogen-bond donors (Lipinski definition) is 0. The summed E-state index contributed by atoms with van der Waals surface area (Å²) in [5, 5.41) is 0. The van der Waals surface area contributed by atoms with Gasteiger partial charge in [-0.2, -0.15) is 0 Å². The Bertz CT molecular complexity index is 343. The van der Waals surface area contributed by atoms with Crippen molar-refractivity contribution in [3.05, 3.63) is 34.9 Å². The molecule has 82 valence electrons. The lowest BCUT2D eigenvalue weighted by molar-refractivity contribution is 0.235. The van der Waals surface area contributed by atoms with Crippen molar-refractivity contribution >= 4 is 0 Å². The molecule has 1 heteroatoms. The molecule has 1 heterocycles. The number of nitrogens with zero attached hydrogens (tertiary/aromatic N) is 1. The average Bonchev–Trinajstić information content (AvgIpc) is 2.20. The summed E-state index contributed by atoms with van der Waals surface area (Å²) < 4.78 is 0. The molecular formula is C14H21N. The molecule has 0 aliphatic carbocycles. The van der Waals surface area contributed by atoms with Crippen molar-refractivity contribution in [1.82, 2.24) is 4.90 Å². The standard InChI is InChI=1S/C14H21N/c1-4-7-15-9-12(3)14-8-11(2)5-6-13(14)10-15/h5-6,8,12H,4,7,9-10H2,1-3H3. The van der Waals surface area contributed by atoms with Crippen molar-refractivity contribution in [2.45, 2.75) is 39.7 Å². The van der Waals surface area contributed by atoms with Crippen LogP contribution in [0.3, 0.4) is 0 Å². The van der Waals surface area contributed by atoms with E-state index in [1.807, 2.05) is 0 Å². The van der Waals surface area contributed by atoms with Crippen LogP contribution >= 0.6 is 0 Å². The molecule has 1 aromatic rings. The minimum atomic E-state index is 0.695. The van der Waals surface area contributed by atoms with Gasteiger partial charge in [-0.3, -0.25) is 4.90 Å². The fourth-order valence-electron chi connectivity index (χ4n) is 2.59. The first kappa shape index (κ1) is 10.7. The Hall–Kier alpha value is -0.820. The second kappa shape index (κ2) is 4.36. The molecule has 1 atom stereocenters. The summed E-state index contributed by atoms with van der Waals surface area (Å²) in [4.78, 5) is 2.57. The van der Waals surface area contributed by atoms with E-state index in [2.05, 4.69) is 43.9 Å². The summed E-state index contributed by atoms with van der Waals surface area (Å²) in [6, 6.07) is 6.91. The topological polar surface area (TPSA) is 3.24 Å². The first-order valence-electron chi connectivity index (χ1n) is 6.02. The molecule has 15 heavy (non-hydrogen) atoms. The smallest absolute Gasteiger partial charge is 0.0236 e. The van der Waals surface area contributed by atoms with Gasteiger partial charge in [-0.05, 0) is 36.9 Å². The molecule has 0 amide bonds. The second-order valence-electron chi connectivity index (χ2n) is 4.84. The van der Waals surface area contributed by atoms with Crippen LogP contribution in [-0.4, -0.2) is 18.0 Å². The van der Waals surface area contributed by atoms with E-state index in [-0.39, 0.29) is 0 Å². The molecule has 1 aliphatic heterocycles. The fraction of sp³-hybridized carbons (Fsp3) is 0.571. The highest BCUT2D eigenvalue weighted by molar-refractivity contribution is 5.35. The van der Waals surface area contributed by atoms with Crippen LogP contribution in [0.4, 0.5) is 0 Å². The maximum absolute atomic E-state index is 2.57. The van der Waals surface area contributed by atoms with Crippen molar-refractivity contribution < 1.29 is 0 Å².